The van der Waals surface area contributed by atoms with Crippen LogP contribution in [0.25, 0.3) is 0 Å². The molecule has 0 radical (unpaired) electrons. The molecule has 1 aliphatic rings. The number of rotatable bonds is 3. The Morgan fingerprint density at radius 3 is 2.57 bits per heavy atom. The molecule has 1 atom stereocenters. The molecule has 0 unspecified atom stereocenters. The normalized spacial score (nSPS) is 20.0. The number of hydrogen-bond acceptors (Lipinski definition) is 3. The lowest BCUT2D eigenvalue weighted by Gasteiger charge is -2.20. The number of aliphatic hydroxyl groups is 1. The number of anilines is 1. The van der Waals surface area contributed by atoms with Gasteiger partial charge in [0.25, 0.3) is 5.91 Å². The van der Waals surface area contributed by atoms with Gasteiger partial charge < -0.3 is 10.4 Å². The molecule has 0 bridgehead atoms. The van der Waals surface area contributed by atoms with Gasteiger partial charge in [0.1, 0.15) is 0 Å². The molecule has 4 nitrogen and oxygen atoms in total. The Kier molecular flexibility index (Phi) is 3.39. The van der Waals surface area contributed by atoms with Crippen molar-refractivity contribution in [3.8, 4) is 0 Å². The Hall–Kier alpha value is -1.98. The number of para-hydroxylation sites is 1. The number of benzene rings is 2. The number of hydrogen-bond donors (Lipinski definition) is 2. The number of ketones is 1. The van der Waals surface area contributed by atoms with Crippen molar-refractivity contribution in [1.82, 2.24) is 0 Å². The lowest BCUT2D eigenvalue weighted by molar-refractivity contribution is -0.133. The molecule has 0 aromatic heterocycles. The number of halogens is 1. The fourth-order valence-electron chi connectivity index (χ4n) is 2.49. The zero-order valence-electron chi connectivity index (χ0n) is 11.0. The van der Waals surface area contributed by atoms with Gasteiger partial charge in [0, 0.05) is 21.3 Å². The van der Waals surface area contributed by atoms with Crippen molar-refractivity contribution in [3.63, 3.8) is 0 Å². The number of amides is 1. The van der Waals surface area contributed by atoms with Crippen LogP contribution in [0.1, 0.15) is 22.3 Å². The molecule has 2 aromatic carbocycles. The van der Waals surface area contributed by atoms with Crippen LogP contribution in [-0.2, 0) is 10.4 Å². The molecule has 106 valence electrons. The number of fused-ring (bicyclic) bond motifs is 1. The van der Waals surface area contributed by atoms with Crippen molar-refractivity contribution < 1.29 is 14.7 Å². The fourth-order valence-corrected chi connectivity index (χ4v) is 3.00. The maximum Gasteiger partial charge on any atom is 0.261 e. The second kappa shape index (κ2) is 5.09. The van der Waals surface area contributed by atoms with Crippen LogP contribution in [0.3, 0.4) is 0 Å². The third-order valence-electron chi connectivity index (χ3n) is 3.59. The number of Topliss-reactive ketones (excluding diaryl/α,β-unsaturated/α-hetero) is 1. The van der Waals surface area contributed by atoms with E-state index >= 15 is 0 Å². The predicted molar refractivity (Wildman–Crippen MR) is 82.1 cm³/mol. The zero-order valence-corrected chi connectivity index (χ0v) is 12.6. The second-order valence-corrected chi connectivity index (χ2v) is 5.79. The number of nitrogens with one attached hydrogen (secondary N) is 1. The molecule has 5 heteroatoms. The van der Waals surface area contributed by atoms with Crippen LogP contribution in [0.2, 0.25) is 0 Å². The van der Waals surface area contributed by atoms with Crippen molar-refractivity contribution in [2.45, 2.75) is 12.0 Å². The monoisotopic (exact) mass is 345 g/mol. The van der Waals surface area contributed by atoms with Crippen molar-refractivity contribution in [2.24, 2.45) is 0 Å². The van der Waals surface area contributed by atoms with Crippen LogP contribution >= 0.6 is 15.9 Å². The number of carbonyl (C=O) groups excluding carboxylic acids is 2. The maximum absolute atomic E-state index is 12.4. The van der Waals surface area contributed by atoms with Gasteiger partial charge in [-0.25, -0.2) is 0 Å². The van der Waals surface area contributed by atoms with E-state index in [0.717, 1.165) is 0 Å². The molecular formula is C16H12BrNO3. The van der Waals surface area contributed by atoms with E-state index in [4.69, 9.17) is 0 Å². The molecule has 0 spiro atoms. The first-order valence-electron chi connectivity index (χ1n) is 6.43. The van der Waals surface area contributed by atoms with Crippen LogP contribution in [0.15, 0.2) is 53.0 Å². The van der Waals surface area contributed by atoms with E-state index in [1.54, 1.807) is 48.5 Å². The second-order valence-electron chi connectivity index (χ2n) is 4.94. The topological polar surface area (TPSA) is 66.4 Å². The predicted octanol–water partition coefficient (Wildman–Crippen LogP) is 2.86. The van der Waals surface area contributed by atoms with Gasteiger partial charge in [-0.2, -0.15) is 0 Å². The van der Waals surface area contributed by atoms with Gasteiger partial charge in [0.2, 0.25) is 0 Å². The highest BCUT2D eigenvalue weighted by Gasteiger charge is 2.46. The summed E-state index contributed by atoms with van der Waals surface area (Å²) in [4.78, 5) is 24.5. The maximum atomic E-state index is 12.4. The Bertz CT molecular complexity index is 744. The van der Waals surface area contributed by atoms with E-state index in [-0.39, 0.29) is 12.2 Å². The van der Waals surface area contributed by atoms with Crippen LogP contribution in [0.5, 0.6) is 0 Å². The molecule has 2 aromatic rings. The Morgan fingerprint density at radius 1 is 1.14 bits per heavy atom. The van der Waals surface area contributed by atoms with Gasteiger partial charge in [-0.3, -0.25) is 9.59 Å². The third kappa shape index (κ3) is 2.28. The Balaban J connectivity index is 1.96. The molecule has 2 N–H and O–H groups in total. The summed E-state index contributed by atoms with van der Waals surface area (Å²) in [5, 5.41) is 13.3. The molecule has 21 heavy (non-hydrogen) atoms. The van der Waals surface area contributed by atoms with Crippen LogP contribution in [-0.4, -0.2) is 16.8 Å². The van der Waals surface area contributed by atoms with Crippen LogP contribution in [0, 0.1) is 0 Å². The standard InChI is InChI=1S/C16H12BrNO3/c17-12-7-3-1-5-10(12)14(19)9-16(21)11-6-2-4-8-13(11)18-15(16)20/h1-8,21H,9H2,(H,18,20)/t16-/m0/s1. The van der Waals surface area contributed by atoms with Crippen molar-refractivity contribution in [2.75, 3.05) is 5.32 Å². The average Bonchev–Trinajstić information content (AvgIpc) is 2.71. The first-order valence-corrected chi connectivity index (χ1v) is 7.23. The molecule has 1 heterocycles. The van der Waals surface area contributed by atoms with E-state index in [9.17, 15) is 14.7 Å². The molecule has 0 saturated carbocycles. The summed E-state index contributed by atoms with van der Waals surface area (Å²) < 4.78 is 0.644. The minimum Gasteiger partial charge on any atom is -0.375 e. The highest BCUT2D eigenvalue weighted by Crippen LogP contribution is 2.39. The fraction of sp³-hybridized carbons (Fsp3) is 0.125. The van der Waals surface area contributed by atoms with Gasteiger partial charge >= 0.3 is 0 Å². The molecule has 0 aliphatic carbocycles. The van der Waals surface area contributed by atoms with Gasteiger partial charge in [-0.05, 0) is 12.1 Å². The van der Waals surface area contributed by atoms with Gasteiger partial charge in [-0.15, -0.1) is 0 Å². The first kappa shape index (κ1) is 14.0. The molecule has 0 saturated heterocycles. The third-order valence-corrected chi connectivity index (χ3v) is 4.28. The molecule has 0 fully saturated rings. The average molecular weight is 346 g/mol. The first-order chi connectivity index (χ1) is 10.0. The molecule has 3 rings (SSSR count). The lowest BCUT2D eigenvalue weighted by Crippen LogP contribution is -2.36. The minimum atomic E-state index is -1.82. The summed E-state index contributed by atoms with van der Waals surface area (Å²) in [6, 6.07) is 13.8. The SMILES string of the molecule is O=C(C[C@@]1(O)C(=O)Nc2ccccc21)c1ccccc1Br. The van der Waals surface area contributed by atoms with Gasteiger partial charge in [0.05, 0.1) is 6.42 Å². The molecule has 1 amide bonds. The number of carbonyl (C=O) groups is 2. The van der Waals surface area contributed by atoms with E-state index in [0.29, 0.717) is 21.3 Å². The van der Waals surface area contributed by atoms with Crippen LogP contribution < -0.4 is 5.32 Å². The van der Waals surface area contributed by atoms with Gasteiger partial charge in [0.15, 0.2) is 11.4 Å². The molecule has 1 aliphatic heterocycles. The Labute approximate surface area is 129 Å². The lowest BCUT2D eigenvalue weighted by atomic mass is 9.88. The zero-order chi connectivity index (χ0) is 15.0. The summed E-state index contributed by atoms with van der Waals surface area (Å²) in [5.74, 6) is -0.860. The van der Waals surface area contributed by atoms with E-state index in [2.05, 4.69) is 21.2 Å². The summed E-state index contributed by atoms with van der Waals surface area (Å²) >= 11 is 3.31. The van der Waals surface area contributed by atoms with Crippen molar-refractivity contribution >= 4 is 33.3 Å². The minimum absolute atomic E-state index is 0.293. The molecular weight excluding hydrogens is 334 g/mol. The quantitative estimate of drug-likeness (QED) is 0.840. The smallest absolute Gasteiger partial charge is 0.261 e. The summed E-state index contributed by atoms with van der Waals surface area (Å²) in [5.41, 5.74) is -0.383. The van der Waals surface area contributed by atoms with Gasteiger partial charge in [-0.1, -0.05) is 52.3 Å². The van der Waals surface area contributed by atoms with Crippen molar-refractivity contribution in [1.29, 1.82) is 0 Å². The summed E-state index contributed by atoms with van der Waals surface area (Å²) in [6.45, 7) is 0. The van der Waals surface area contributed by atoms with E-state index in [1.165, 1.54) is 0 Å². The Morgan fingerprint density at radius 2 is 1.81 bits per heavy atom. The van der Waals surface area contributed by atoms with Crippen molar-refractivity contribution in [3.05, 3.63) is 64.1 Å². The van der Waals surface area contributed by atoms with Crippen LogP contribution in [0.4, 0.5) is 5.69 Å². The largest absolute Gasteiger partial charge is 0.375 e. The summed E-state index contributed by atoms with van der Waals surface area (Å²) in [7, 11) is 0. The highest BCUT2D eigenvalue weighted by atomic mass is 79.9. The summed E-state index contributed by atoms with van der Waals surface area (Å²) in [6.07, 6.45) is -0.293. The van der Waals surface area contributed by atoms with E-state index in [1.807, 2.05) is 0 Å². The van der Waals surface area contributed by atoms with E-state index < -0.39 is 11.5 Å². The highest BCUT2D eigenvalue weighted by molar-refractivity contribution is 9.10.